The molecule has 43 heavy (non-hydrogen) atoms. The van der Waals surface area contributed by atoms with Gasteiger partial charge in [-0.25, -0.2) is 4.79 Å². The van der Waals surface area contributed by atoms with Crippen molar-refractivity contribution in [1.82, 2.24) is 0 Å². The molecule has 0 aliphatic heterocycles. The molecular weight excluding hydrogens is 554 g/mol. The van der Waals surface area contributed by atoms with Crippen LogP contribution in [-0.2, 0) is 6.42 Å². The van der Waals surface area contributed by atoms with Crippen LogP contribution in [0.5, 0.6) is 0 Å². The quantitative estimate of drug-likeness (QED) is 0.204. The Morgan fingerprint density at radius 2 is 1.37 bits per heavy atom. The summed E-state index contributed by atoms with van der Waals surface area (Å²) in [6, 6.07) is 46.2. The van der Waals surface area contributed by atoms with Crippen molar-refractivity contribution in [1.29, 1.82) is 0 Å². The van der Waals surface area contributed by atoms with Gasteiger partial charge in [0.05, 0.1) is 5.56 Å². The van der Waals surface area contributed by atoms with Gasteiger partial charge in [-0.05, 0) is 77.7 Å². The van der Waals surface area contributed by atoms with Crippen molar-refractivity contribution < 1.29 is 14.3 Å². The van der Waals surface area contributed by atoms with Crippen LogP contribution in [0.1, 0.15) is 21.5 Å². The van der Waals surface area contributed by atoms with Gasteiger partial charge in [0, 0.05) is 38.4 Å². The van der Waals surface area contributed by atoms with Crippen LogP contribution in [-0.4, -0.2) is 11.1 Å². The number of anilines is 3. The third-order valence-electron chi connectivity index (χ3n) is 7.72. The van der Waals surface area contributed by atoms with Crippen molar-refractivity contribution in [3.63, 3.8) is 0 Å². The first-order chi connectivity index (χ1) is 21.1. The number of hydrogen-bond acceptors (Lipinski definition) is 3. The predicted octanol–water partition coefficient (Wildman–Crippen LogP) is 10.7. The van der Waals surface area contributed by atoms with Crippen molar-refractivity contribution >= 4 is 56.6 Å². The van der Waals surface area contributed by atoms with Gasteiger partial charge in [-0.3, -0.25) is 0 Å². The van der Waals surface area contributed by atoms with E-state index in [1.165, 1.54) is 0 Å². The molecule has 208 valence electrons. The van der Waals surface area contributed by atoms with Gasteiger partial charge in [0.25, 0.3) is 0 Å². The fourth-order valence-electron chi connectivity index (χ4n) is 5.75. The van der Waals surface area contributed by atoms with Gasteiger partial charge in [-0.1, -0.05) is 96.5 Å². The van der Waals surface area contributed by atoms with E-state index >= 15 is 0 Å². The van der Waals surface area contributed by atoms with Crippen LogP contribution in [0.15, 0.2) is 144 Å². The third-order valence-corrected chi connectivity index (χ3v) is 8.07. The molecular formula is C38H26ClNO3. The molecule has 0 amide bonds. The monoisotopic (exact) mass is 579 g/mol. The topological polar surface area (TPSA) is 53.7 Å². The molecule has 1 heterocycles. The number of nitrogens with zero attached hydrogens (tertiary/aromatic N) is 1. The number of rotatable bonds is 7. The van der Waals surface area contributed by atoms with Gasteiger partial charge in [0.1, 0.15) is 11.2 Å². The maximum atomic E-state index is 12.0. The van der Waals surface area contributed by atoms with Crippen LogP contribution in [0, 0.1) is 0 Å². The molecule has 0 aliphatic rings. The molecule has 0 saturated carbocycles. The number of aromatic carboxylic acids is 1. The average Bonchev–Trinajstić information content (AvgIpc) is 3.42. The number of hydrogen-bond donors (Lipinski definition) is 1. The minimum Gasteiger partial charge on any atom is -0.478 e. The molecule has 0 aliphatic carbocycles. The molecule has 0 unspecified atom stereocenters. The van der Waals surface area contributed by atoms with Crippen LogP contribution in [0.4, 0.5) is 17.1 Å². The van der Waals surface area contributed by atoms with Gasteiger partial charge in [-0.2, -0.15) is 0 Å². The van der Waals surface area contributed by atoms with E-state index in [1.54, 1.807) is 18.2 Å². The zero-order valence-electron chi connectivity index (χ0n) is 23.1. The van der Waals surface area contributed by atoms with E-state index in [-0.39, 0.29) is 5.56 Å². The van der Waals surface area contributed by atoms with Crippen LogP contribution in [0.2, 0.25) is 5.02 Å². The fourth-order valence-corrected chi connectivity index (χ4v) is 5.99. The van der Waals surface area contributed by atoms with Gasteiger partial charge < -0.3 is 14.4 Å². The first-order valence-electron chi connectivity index (χ1n) is 14.0. The summed E-state index contributed by atoms with van der Waals surface area (Å²) in [5.74, 6) is -0.992. The van der Waals surface area contributed by atoms with Gasteiger partial charge in [-0.15, -0.1) is 0 Å². The lowest BCUT2D eigenvalue weighted by Crippen LogP contribution is -2.11. The Hall–Kier alpha value is -5.32. The number of fused-ring (bicyclic) bond motifs is 3. The normalized spacial score (nSPS) is 11.2. The second kappa shape index (κ2) is 11.2. The molecule has 0 radical (unpaired) electrons. The van der Waals surface area contributed by atoms with E-state index < -0.39 is 5.97 Å². The number of para-hydroxylation sites is 2. The van der Waals surface area contributed by atoms with Crippen molar-refractivity contribution in [2.45, 2.75) is 6.42 Å². The molecule has 6 aromatic carbocycles. The Labute approximate surface area is 254 Å². The van der Waals surface area contributed by atoms with Crippen molar-refractivity contribution in [2.75, 3.05) is 4.90 Å². The number of carboxylic acids is 1. The standard InChI is InChI=1S/C38H26ClNO3/c39-35-19-10-18-31(38(41)42)33(35)22-25-11-9-16-28(21-25)40(27-14-5-2-6-15-27)29-23-32(26-12-3-1-4-13-26)37-34(24-29)30-17-7-8-20-36(30)43-37/h1-21,23-24H,22H2,(H,41,42). The number of carbonyl (C=O) groups is 1. The first-order valence-corrected chi connectivity index (χ1v) is 14.4. The fraction of sp³-hybridized carbons (Fsp3) is 0.0263. The minimum absolute atomic E-state index is 0.211. The summed E-state index contributed by atoms with van der Waals surface area (Å²) in [6.45, 7) is 0. The second-order valence-electron chi connectivity index (χ2n) is 10.4. The minimum atomic E-state index is -0.992. The molecule has 0 atom stereocenters. The number of benzene rings is 6. The van der Waals surface area contributed by atoms with Crippen LogP contribution in [0.3, 0.4) is 0 Å². The Balaban J connectivity index is 1.43. The lowest BCUT2D eigenvalue weighted by atomic mass is 9.98. The van der Waals surface area contributed by atoms with E-state index in [9.17, 15) is 9.90 Å². The maximum absolute atomic E-state index is 12.0. The summed E-state index contributed by atoms with van der Waals surface area (Å²) < 4.78 is 6.43. The molecule has 0 spiro atoms. The van der Waals surface area contributed by atoms with Crippen molar-refractivity contribution in [3.8, 4) is 11.1 Å². The summed E-state index contributed by atoms with van der Waals surface area (Å²) in [6.07, 6.45) is 0.387. The summed E-state index contributed by atoms with van der Waals surface area (Å²) in [7, 11) is 0. The van der Waals surface area contributed by atoms with Crippen LogP contribution >= 0.6 is 11.6 Å². The average molecular weight is 580 g/mol. The Morgan fingerprint density at radius 3 is 2.16 bits per heavy atom. The van der Waals surface area contributed by atoms with E-state index in [1.807, 2.05) is 66.7 Å². The molecule has 7 rings (SSSR count). The largest absolute Gasteiger partial charge is 0.478 e. The Bertz CT molecular complexity index is 2100. The van der Waals surface area contributed by atoms with Crippen LogP contribution in [0.25, 0.3) is 33.1 Å². The third kappa shape index (κ3) is 5.03. The second-order valence-corrected chi connectivity index (χ2v) is 10.8. The zero-order chi connectivity index (χ0) is 29.3. The van der Waals surface area contributed by atoms with Gasteiger partial charge in [0.2, 0.25) is 0 Å². The lowest BCUT2D eigenvalue weighted by molar-refractivity contribution is 0.0696. The van der Waals surface area contributed by atoms with E-state index in [2.05, 4.69) is 59.5 Å². The summed E-state index contributed by atoms with van der Waals surface area (Å²) in [4.78, 5) is 14.2. The Morgan fingerprint density at radius 1 is 0.674 bits per heavy atom. The summed E-state index contributed by atoms with van der Waals surface area (Å²) in [5.41, 5.74) is 8.43. The van der Waals surface area contributed by atoms with E-state index in [4.69, 9.17) is 16.0 Å². The molecule has 1 N–H and O–H groups in total. The SMILES string of the molecule is O=C(O)c1cccc(Cl)c1Cc1cccc(N(c2ccccc2)c2cc(-c3ccccc3)c3oc4ccccc4c3c2)c1. The highest BCUT2D eigenvalue weighted by atomic mass is 35.5. The van der Waals surface area contributed by atoms with Gasteiger partial charge in [0.15, 0.2) is 0 Å². The van der Waals surface area contributed by atoms with Crippen molar-refractivity contribution in [3.05, 3.63) is 161 Å². The van der Waals surface area contributed by atoms with Gasteiger partial charge >= 0.3 is 5.97 Å². The molecule has 0 bridgehead atoms. The lowest BCUT2D eigenvalue weighted by Gasteiger charge is -2.27. The predicted molar refractivity (Wildman–Crippen MR) is 175 cm³/mol. The molecule has 7 aromatic rings. The highest BCUT2D eigenvalue weighted by Crippen LogP contribution is 2.43. The number of halogens is 1. The molecule has 5 heteroatoms. The van der Waals surface area contributed by atoms with Crippen molar-refractivity contribution in [2.24, 2.45) is 0 Å². The first kappa shape index (κ1) is 26.6. The molecule has 0 saturated heterocycles. The number of carboxylic acid groups (broad SMARTS) is 1. The summed E-state index contributed by atoms with van der Waals surface area (Å²) >= 11 is 6.50. The highest BCUT2D eigenvalue weighted by molar-refractivity contribution is 6.31. The smallest absolute Gasteiger partial charge is 0.336 e. The van der Waals surface area contributed by atoms with E-state index in [0.717, 1.165) is 55.7 Å². The number of furan rings is 1. The Kier molecular flexibility index (Phi) is 6.90. The highest BCUT2D eigenvalue weighted by Gasteiger charge is 2.20. The molecule has 4 nitrogen and oxygen atoms in total. The van der Waals surface area contributed by atoms with Crippen LogP contribution < -0.4 is 4.90 Å². The molecule has 1 aromatic heterocycles. The van der Waals surface area contributed by atoms with E-state index in [0.29, 0.717) is 17.0 Å². The zero-order valence-corrected chi connectivity index (χ0v) is 23.8. The molecule has 0 fully saturated rings. The summed E-state index contributed by atoms with van der Waals surface area (Å²) in [5, 5.41) is 12.3. The maximum Gasteiger partial charge on any atom is 0.336 e.